The number of hydrogen-bond acceptors (Lipinski definition) is 5. The van der Waals surface area contributed by atoms with E-state index in [0.29, 0.717) is 5.69 Å². The van der Waals surface area contributed by atoms with Gasteiger partial charge in [0.2, 0.25) is 0 Å². The zero-order chi connectivity index (χ0) is 14.5. The Morgan fingerprint density at radius 2 is 2.25 bits per heavy atom. The van der Waals surface area contributed by atoms with Gasteiger partial charge in [-0.05, 0) is 6.07 Å². The lowest BCUT2D eigenvalue weighted by atomic mass is 10.1. The molecule has 8 nitrogen and oxygen atoms in total. The second-order valence-corrected chi connectivity index (χ2v) is 3.99. The molecule has 0 saturated carbocycles. The van der Waals surface area contributed by atoms with Gasteiger partial charge in [0, 0.05) is 24.4 Å². The van der Waals surface area contributed by atoms with E-state index in [-0.39, 0.29) is 12.0 Å². The summed E-state index contributed by atoms with van der Waals surface area (Å²) in [4.78, 5) is 40.3. The molecule has 0 unspecified atom stereocenters. The number of H-pyrrole nitrogens is 1. The maximum atomic E-state index is 11.8. The number of aromatic amines is 1. The molecular weight excluding hydrogens is 266 g/mol. The van der Waals surface area contributed by atoms with Crippen molar-refractivity contribution in [1.82, 2.24) is 15.3 Å². The molecule has 2 aromatic heterocycles. The molecule has 2 rings (SSSR count). The number of aromatic nitrogens is 2. The van der Waals surface area contributed by atoms with Crippen molar-refractivity contribution in [3.8, 4) is 0 Å². The van der Waals surface area contributed by atoms with E-state index in [1.807, 2.05) is 0 Å². The van der Waals surface area contributed by atoms with Crippen LogP contribution in [-0.2, 0) is 11.2 Å². The lowest BCUT2D eigenvalue weighted by Crippen LogP contribution is -2.42. The van der Waals surface area contributed by atoms with Crippen molar-refractivity contribution in [1.29, 1.82) is 0 Å². The first-order chi connectivity index (χ1) is 9.56. The molecule has 0 aliphatic rings. The molecule has 0 aliphatic heterocycles. The number of carbonyl (C=O) groups is 2. The van der Waals surface area contributed by atoms with Gasteiger partial charge in [0.25, 0.3) is 5.91 Å². The summed E-state index contributed by atoms with van der Waals surface area (Å²) in [7, 11) is 0. The van der Waals surface area contributed by atoms with Crippen molar-refractivity contribution >= 4 is 11.9 Å². The minimum Gasteiger partial charge on any atom is -0.480 e. The van der Waals surface area contributed by atoms with Crippen molar-refractivity contribution in [3.05, 3.63) is 52.6 Å². The average molecular weight is 277 g/mol. The molecule has 8 heteroatoms. The minimum atomic E-state index is -1.18. The van der Waals surface area contributed by atoms with Crippen LogP contribution in [0.25, 0.3) is 0 Å². The van der Waals surface area contributed by atoms with Crippen LogP contribution in [-0.4, -0.2) is 33.0 Å². The van der Waals surface area contributed by atoms with E-state index in [2.05, 4.69) is 19.7 Å². The number of aliphatic carboxylic acids is 1. The second-order valence-electron chi connectivity index (χ2n) is 3.99. The Morgan fingerprint density at radius 1 is 1.45 bits per heavy atom. The Labute approximate surface area is 112 Å². The number of carbonyl (C=O) groups excluding carboxylic acids is 1. The Bertz CT molecular complexity index is 641. The summed E-state index contributed by atoms with van der Waals surface area (Å²) in [6, 6.07) is 1.23. The smallest absolute Gasteiger partial charge is 0.335 e. The molecule has 0 spiro atoms. The molecule has 104 valence electrons. The summed E-state index contributed by atoms with van der Waals surface area (Å²) >= 11 is 0. The van der Waals surface area contributed by atoms with Crippen molar-refractivity contribution < 1.29 is 19.1 Å². The highest BCUT2D eigenvalue weighted by atomic mass is 16.4. The van der Waals surface area contributed by atoms with Gasteiger partial charge in [-0.2, -0.15) is 0 Å². The normalized spacial score (nSPS) is 11.8. The SMILES string of the molecule is O=C(N[C@H](Cc1cnc[nH]1)C(=O)O)c1ccc(=O)oc1. The fraction of sp³-hybridized carbons (Fsp3) is 0.167. The van der Waals surface area contributed by atoms with Crippen molar-refractivity contribution in [2.75, 3.05) is 0 Å². The maximum Gasteiger partial charge on any atom is 0.335 e. The molecule has 2 aromatic rings. The highest BCUT2D eigenvalue weighted by molar-refractivity contribution is 5.96. The standard InChI is InChI=1S/C12H11N3O5/c16-10-2-1-7(5-20-10)11(17)15-9(12(18)19)3-8-4-13-6-14-8/h1-2,4-6,9H,3H2,(H,13,14)(H,15,17)(H,18,19)/t9-/m1/s1. The third-order valence-corrected chi connectivity index (χ3v) is 2.55. The predicted octanol–water partition coefficient (Wildman–Crippen LogP) is -0.211. The van der Waals surface area contributed by atoms with E-state index in [1.54, 1.807) is 0 Å². The molecule has 20 heavy (non-hydrogen) atoms. The van der Waals surface area contributed by atoms with Crippen LogP contribution in [0.15, 0.2) is 40.1 Å². The second kappa shape index (κ2) is 5.83. The topological polar surface area (TPSA) is 125 Å². The van der Waals surface area contributed by atoms with E-state index in [9.17, 15) is 14.4 Å². The van der Waals surface area contributed by atoms with Gasteiger partial charge in [0.05, 0.1) is 11.9 Å². The molecule has 0 aromatic carbocycles. The average Bonchev–Trinajstić information content (AvgIpc) is 2.91. The van der Waals surface area contributed by atoms with Crippen LogP contribution < -0.4 is 10.9 Å². The molecule has 3 N–H and O–H groups in total. The molecule has 0 aliphatic carbocycles. The van der Waals surface area contributed by atoms with Gasteiger partial charge in [-0.3, -0.25) is 4.79 Å². The molecule has 2 heterocycles. The molecule has 1 atom stereocenters. The van der Waals surface area contributed by atoms with Gasteiger partial charge >= 0.3 is 11.6 Å². The first-order valence-corrected chi connectivity index (χ1v) is 5.66. The van der Waals surface area contributed by atoms with Crippen molar-refractivity contribution in [2.45, 2.75) is 12.5 Å². The highest BCUT2D eigenvalue weighted by Gasteiger charge is 2.21. The van der Waals surface area contributed by atoms with Gasteiger partial charge in [-0.1, -0.05) is 0 Å². The molecule has 0 fully saturated rings. The van der Waals surface area contributed by atoms with E-state index < -0.39 is 23.5 Å². The fourth-order valence-electron chi connectivity index (χ4n) is 1.55. The van der Waals surface area contributed by atoms with Crippen LogP contribution in [0.1, 0.15) is 16.1 Å². The van der Waals surface area contributed by atoms with Gasteiger partial charge in [-0.15, -0.1) is 0 Å². The van der Waals surface area contributed by atoms with E-state index in [0.717, 1.165) is 12.3 Å². The number of nitrogens with one attached hydrogen (secondary N) is 2. The molecule has 0 bridgehead atoms. The van der Waals surface area contributed by atoms with Crippen LogP contribution in [0.4, 0.5) is 0 Å². The summed E-state index contributed by atoms with van der Waals surface area (Å²) in [5, 5.41) is 11.4. The van der Waals surface area contributed by atoms with Gasteiger partial charge in [-0.25, -0.2) is 14.6 Å². The van der Waals surface area contributed by atoms with Gasteiger partial charge in [0.1, 0.15) is 12.3 Å². The summed E-state index contributed by atoms with van der Waals surface area (Å²) in [5.74, 6) is -1.81. The third kappa shape index (κ3) is 3.31. The van der Waals surface area contributed by atoms with Gasteiger partial charge in [0.15, 0.2) is 0 Å². The number of imidazole rings is 1. The Hall–Kier alpha value is -2.90. The van der Waals surface area contributed by atoms with Crippen LogP contribution in [0.3, 0.4) is 0 Å². The van der Waals surface area contributed by atoms with E-state index in [1.165, 1.54) is 18.6 Å². The number of carboxylic acids is 1. The Morgan fingerprint density at radius 3 is 2.80 bits per heavy atom. The minimum absolute atomic E-state index is 0.0673. The summed E-state index contributed by atoms with van der Waals surface area (Å²) in [6.07, 6.45) is 3.94. The highest BCUT2D eigenvalue weighted by Crippen LogP contribution is 2.02. The van der Waals surface area contributed by atoms with Crippen LogP contribution in [0.2, 0.25) is 0 Å². The van der Waals surface area contributed by atoms with Crippen molar-refractivity contribution in [3.63, 3.8) is 0 Å². The molecule has 0 saturated heterocycles. The first-order valence-electron chi connectivity index (χ1n) is 5.66. The summed E-state index contributed by atoms with van der Waals surface area (Å²) in [5.41, 5.74) is 0.0616. The van der Waals surface area contributed by atoms with Crippen LogP contribution in [0.5, 0.6) is 0 Å². The Balaban J connectivity index is 2.08. The van der Waals surface area contributed by atoms with Gasteiger partial charge < -0.3 is 19.8 Å². The molecule has 0 radical (unpaired) electrons. The number of nitrogens with zero attached hydrogens (tertiary/aromatic N) is 1. The quantitative estimate of drug-likeness (QED) is 0.694. The third-order valence-electron chi connectivity index (χ3n) is 2.55. The Kier molecular flexibility index (Phi) is 3.94. The maximum absolute atomic E-state index is 11.8. The summed E-state index contributed by atoms with van der Waals surface area (Å²) in [6.45, 7) is 0. The van der Waals surface area contributed by atoms with Crippen LogP contribution >= 0.6 is 0 Å². The monoisotopic (exact) mass is 277 g/mol. The lowest BCUT2D eigenvalue weighted by Gasteiger charge is -2.13. The number of hydrogen-bond donors (Lipinski definition) is 3. The number of amides is 1. The van der Waals surface area contributed by atoms with Crippen LogP contribution in [0, 0.1) is 0 Å². The first kappa shape index (κ1) is 13.5. The molecule has 1 amide bonds. The zero-order valence-electron chi connectivity index (χ0n) is 10.2. The largest absolute Gasteiger partial charge is 0.480 e. The molecular formula is C12H11N3O5. The predicted molar refractivity (Wildman–Crippen MR) is 66.2 cm³/mol. The zero-order valence-corrected chi connectivity index (χ0v) is 10.2. The fourth-order valence-corrected chi connectivity index (χ4v) is 1.55. The lowest BCUT2D eigenvalue weighted by molar-refractivity contribution is -0.139. The van der Waals surface area contributed by atoms with Crippen molar-refractivity contribution in [2.24, 2.45) is 0 Å². The number of carboxylic acid groups (broad SMARTS) is 1. The van der Waals surface area contributed by atoms with E-state index >= 15 is 0 Å². The number of rotatable bonds is 5. The van der Waals surface area contributed by atoms with E-state index in [4.69, 9.17) is 5.11 Å². The summed E-state index contributed by atoms with van der Waals surface area (Å²) < 4.78 is 4.55.